The van der Waals surface area contributed by atoms with E-state index in [0.29, 0.717) is 13.1 Å². The first-order chi connectivity index (χ1) is 8.89. The number of sulfone groups is 1. The Hall–Kier alpha value is -0.620. The fourth-order valence-electron chi connectivity index (χ4n) is 2.90. The summed E-state index contributed by atoms with van der Waals surface area (Å²) in [5.41, 5.74) is -0.104. The molecule has 5 nitrogen and oxygen atoms in total. The van der Waals surface area contributed by atoms with Gasteiger partial charge in [0.2, 0.25) is 5.91 Å². The van der Waals surface area contributed by atoms with E-state index in [1.54, 1.807) is 0 Å². The topological polar surface area (TPSA) is 66.5 Å². The first-order valence-corrected chi connectivity index (χ1v) is 8.95. The van der Waals surface area contributed by atoms with Crippen molar-refractivity contribution in [2.75, 3.05) is 31.1 Å². The van der Waals surface area contributed by atoms with Gasteiger partial charge in [0.15, 0.2) is 9.84 Å². The molecule has 1 saturated heterocycles. The summed E-state index contributed by atoms with van der Waals surface area (Å²) in [6, 6.07) is 0. The maximum atomic E-state index is 12.1. The molecule has 0 saturated carbocycles. The van der Waals surface area contributed by atoms with Crippen LogP contribution in [0, 0.1) is 5.41 Å². The van der Waals surface area contributed by atoms with E-state index >= 15 is 0 Å². The van der Waals surface area contributed by atoms with Crippen LogP contribution in [0.5, 0.6) is 0 Å². The smallest absolute Gasteiger partial charge is 0.234 e. The quantitative estimate of drug-likeness (QED) is 0.843. The molecule has 6 heteroatoms. The van der Waals surface area contributed by atoms with Crippen molar-refractivity contribution in [2.24, 2.45) is 5.41 Å². The molecule has 0 bridgehead atoms. The van der Waals surface area contributed by atoms with Crippen LogP contribution in [0.4, 0.5) is 0 Å². The first-order valence-electron chi connectivity index (χ1n) is 7.12. The molecule has 0 spiro atoms. The van der Waals surface area contributed by atoms with Gasteiger partial charge in [-0.25, -0.2) is 8.42 Å². The van der Waals surface area contributed by atoms with Crippen molar-refractivity contribution in [3.8, 4) is 0 Å². The monoisotopic (exact) mass is 304 g/mol. The van der Waals surface area contributed by atoms with Gasteiger partial charge < -0.3 is 5.32 Å². The minimum atomic E-state index is -2.88. The van der Waals surface area contributed by atoms with Crippen LogP contribution >= 0.6 is 0 Å². The van der Waals surface area contributed by atoms with Crippen LogP contribution in [0.15, 0.2) is 0 Å². The minimum absolute atomic E-state index is 0.0291. The molecule has 0 unspecified atom stereocenters. The summed E-state index contributed by atoms with van der Waals surface area (Å²) in [6.45, 7) is 11.7. The fraction of sp³-hybridized carbons (Fsp3) is 0.929. The van der Waals surface area contributed by atoms with Gasteiger partial charge in [-0.15, -0.1) is 0 Å². The Morgan fingerprint density at radius 1 is 1.10 bits per heavy atom. The van der Waals surface area contributed by atoms with E-state index in [1.165, 1.54) is 0 Å². The maximum absolute atomic E-state index is 12.1. The Morgan fingerprint density at radius 3 is 2.05 bits per heavy atom. The van der Waals surface area contributed by atoms with E-state index in [-0.39, 0.29) is 34.9 Å². The zero-order chi connectivity index (χ0) is 15.6. The number of carbonyl (C=O) groups excluding carboxylic acids is 1. The Kier molecular flexibility index (Phi) is 5.24. The van der Waals surface area contributed by atoms with Crippen molar-refractivity contribution in [2.45, 2.75) is 46.6 Å². The molecule has 0 aromatic heterocycles. The van der Waals surface area contributed by atoms with Gasteiger partial charge in [-0.3, -0.25) is 9.69 Å². The van der Waals surface area contributed by atoms with Crippen LogP contribution in [-0.2, 0) is 14.6 Å². The van der Waals surface area contributed by atoms with Crippen LogP contribution in [0.25, 0.3) is 0 Å². The first kappa shape index (κ1) is 17.4. The summed E-state index contributed by atoms with van der Waals surface area (Å²) in [7, 11) is -2.88. The highest BCUT2D eigenvalue weighted by atomic mass is 32.2. The van der Waals surface area contributed by atoms with Gasteiger partial charge in [0.1, 0.15) is 0 Å². The summed E-state index contributed by atoms with van der Waals surface area (Å²) in [4.78, 5) is 14.0. The van der Waals surface area contributed by atoms with Crippen molar-refractivity contribution >= 4 is 15.7 Å². The number of nitrogens with one attached hydrogen (secondary N) is 1. The second kappa shape index (κ2) is 6.02. The third kappa shape index (κ3) is 6.70. The average Bonchev–Trinajstić information content (AvgIpc) is 2.16. The third-order valence-corrected chi connectivity index (χ3v) is 4.86. The van der Waals surface area contributed by atoms with Gasteiger partial charge in [-0.05, 0) is 25.7 Å². The van der Waals surface area contributed by atoms with E-state index < -0.39 is 9.84 Å². The SMILES string of the molecule is CC(C)(C)CC(C)(C)NC(=O)CN1CCS(=O)(=O)CC1. The molecule has 1 aliphatic rings. The summed E-state index contributed by atoms with van der Waals surface area (Å²) in [5, 5.41) is 3.05. The lowest BCUT2D eigenvalue weighted by molar-refractivity contribution is -0.124. The molecular formula is C14H28N2O3S. The lowest BCUT2D eigenvalue weighted by atomic mass is 9.82. The molecule has 1 N–H and O–H groups in total. The molecule has 0 radical (unpaired) electrons. The standard InChI is InChI=1S/C14H28N2O3S/c1-13(2,3)11-14(4,5)15-12(17)10-16-6-8-20(18,19)9-7-16/h6-11H2,1-5H3,(H,15,17). The van der Waals surface area contributed by atoms with Gasteiger partial charge in [0, 0.05) is 18.6 Å². The van der Waals surface area contributed by atoms with Crippen molar-refractivity contribution in [1.82, 2.24) is 10.2 Å². The maximum Gasteiger partial charge on any atom is 0.234 e. The van der Waals surface area contributed by atoms with Gasteiger partial charge in [0.25, 0.3) is 0 Å². The highest BCUT2D eigenvalue weighted by Crippen LogP contribution is 2.26. The van der Waals surface area contributed by atoms with Crippen molar-refractivity contribution < 1.29 is 13.2 Å². The number of amides is 1. The molecular weight excluding hydrogens is 276 g/mol. The molecule has 1 aliphatic heterocycles. The molecule has 0 aliphatic carbocycles. The molecule has 118 valence electrons. The van der Waals surface area contributed by atoms with Crippen molar-refractivity contribution in [1.29, 1.82) is 0 Å². The third-order valence-electron chi connectivity index (χ3n) is 3.25. The van der Waals surface area contributed by atoms with E-state index in [0.717, 1.165) is 6.42 Å². The molecule has 1 heterocycles. The van der Waals surface area contributed by atoms with Crippen LogP contribution in [0.3, 0.4) is 0 Å². The van der Waals surface area contributed by atoms with Crippen LogP contribution in [-0.4, -0.2) is 55.9 Å². The molecule has 0 atom stereocenters. The molecule has 1 amide bonds. The van der Waals surface area contributed by atoms with E-state index in [2.05, 4.69) is 26.1 Å². The second-order valence-corrected chi connectivity index (χ2v) is 9.90. The Labute approximate surface area is 123 Å². The highest BCUT2D eigenvalue weighted by Gasteiger charge is 2.28. The summed E-state index contributed by atoms with van der Waals surface area (Å²) in [6.07, 6.45) is 0.889. The Bertz CT molecular complexity index is 436. The number of rotatable bonds is 4. The average molecular weight is 304 g/mol. The predicted molar refractivity (Wildman–Crippen MR) is 81.4 cm³/mol. The Balaban J connectivity index is 2.44. The van der Waals surface area contributed by atoms with E-state index in [1.807, 2.05) is 18.7 Å². The lowest BCUT2D eigenvalue weighted by Gasteiger charge is -2.34. The molecule has 1 rings (SSSR count). The lowest BCUT2D eigenvalue weighted by Crippen LogP contribution is -2.51. The summed E-state index contributed by atoms with van der Waals surface area (Å²) in [5.74, 6) is 0.288. The van der Waals surface area contributed by atoms with Crippen LogP contribution in [0.1, 0.15) is 41.0 Å². The minimum Gasteiger partial charge on any atom is -0.350 e. The van der Waals surface area contributed by atoms with Crippen molar-refractivity contribution in [3.63, 3.8) is 0 Å². The van der Waals surface area contributed by atoms with Gasteiger partial charge in [-0.2, -0.15) is 0 Å². The largest absolute Gasteiger partial charge is 0.350 e. The Morgan fingerprint density at radius 2 is 1.60 bits per heavy atom. The van der Waals surface area contributed by atoms with Crippen molar-refractivity contribution in [3.05, 3.63) is 0 Å². The second-order valence-electron chi connectivity index (χ2n) is 7.60. The predicted octanol–water partition coefficient (Wildman–Crippen LogP) is 1.05. The molecule has 0 aromatic carbocycles. The molecule has 1 fully saturated rings. The number of carbonyl (C=O) groups is 1. The highest BCUT2D eigenvalue weighted by molar-refractivity contribution is 7.91. The number of hydrogen-bond donors (Lipinski definition) is 1. The van der Waals surface area contributed by atoms with Crippen LogP contribution < -0.4 is 5.32 Å². The summed E-state index contributed by atoms with van der Waals surface area (Å²) < 4.78 is 22.7. The van der Waals surface area contributed by atoms with Crippen LogP contribution in [0.2, 0.25) is 0 Å². The normalized spacial score (nSPS) is 20.6. The number of hydrogen-bond acceptors (Lipinski definition) is 4. The fourth-order valence-corrected chi connectivity index (χ4v) is 4.18. The van der Waals surface area contributed by atoms with Gasteiger partial charge in [0.05, 0.1) is 18.1 Å². The zero-order valence-corrected chi connectivity index (χ0v) is 14.1. The van der Waals surface area contributed by atoms with E-state index in [9.17, 15) is 13.2 Å². The summed E-state index contributed by atoms with van der Waals surface area (Å²) >= 11 is 0. The van der Waals surface area contributed by atoms with Gasteiger partial charge >= 0.3 is 0 Å². The molecule has 0 aromatic rings. The number of nitrogens with zero attached hydrogens (tertiary/aromatic N) is 1. The van der Waals surface area contributed by atoms with Gasteiger partial charge in [-0.1, -0.05) is 20.8 Å². The molecule has 20 heavy (non-hydrogen) atoms. The van der Waals surface area contributed by atoms with E-state index in [4.69, 9.17) is 0 Å². The zero-order valence-electron chi connectivity index (χ0n) is 13.3.